The molecule has 2 aromatic carbocycles. The van der Waals surface area contributed by atoms with E-state index in [9.17, 15) is 10.2 Å². The Hall–Kier alpha value is -1.61. The van der Waals surface area contributed by atoms with E-state index in [4.69, 9.17) is 0 Å². The van der Waals surface area contributed by atoms with Crippen LogP contribution in [-0.2, 0) is 0 Å². The van der Waals surface area contributed by atoms with Crippen LogP contribution >= 0.6 is 11.8 Å². The Morgan fingerprint density at radius 1 is 0.875 bits per heavy atom. The highest BCUT2D eigenvalue weighted by atomic mass is 32.2. The molecule has 0 saturated heterocycles. The average Bonchev–Trinajstić information content (AvgIpc) is 2.28. The molecule has 3 heteroatoms. The molecule has 0 aliphatic carbocycles. The van der Waals surface area contributed by atoms with Crippen LogP contribution < -0.4 is 0 Å². The van der Waals surface area contributed by atoms with Gasteiger partial charge in [-0.05, 0) is 30.7 Å². The standard InChI is InChI=1S/C13H12O2S/c1-9-5-4-8-12(13(9)15)16-11-7-3-2-6-10(11)14/h2-8,14-15H,1H3. The van der Waals surface area contributed by atoms with Crippen molar-refractivity contribution >= 4 is 11.8 Å². The van der Waals surface area contributed by atoms with Gasteiger partial charge in [-0.1, -0.05) is 36.0 Å². The molecule has 0 heterocycles. The molecule has 0 unspecified atom stereocenters. The lowest BCUT2D eigenvalue weighted by molar-refractivity contribution is 0.457. The van der Waals surface area contributed by atoms with Crippen LogP contribution in [-0.4, -0.2) is 10.2 Å². The molecule has 0 bridgehead atoms. The Kier molecular flexibility index (Phi) is 3.06. The SMILES string of the molecule is Cc1cccc(Sc2ccccc2O)c1O. The molecule has 0 radical (unpaired) electrons. The van der Waals surface area contributed by atoms with Crippen LogP contribution in [0.25, 0.3) is 0 Å². The van der Waals surface area contributed by atoms with Crippen molar-refractivity contribution < 1.29 is 10.2 Å². The predicted octanol–water partition coefficient (Wildman–Crippen LogP) is 3.56. The third-order valence-electron chi connectivity index (χ3n) is 2.29. The monoisotopic (exact) mass is 232 g/mol. The molecule has 0 atom stereocenters. The molecule has 16 heavy (non-hydrogen) atoms. The van der Waals surface area contributed by atoms with Crippen LogP contribution in [0.2, 0.25) is 0 Å². The van der Waals surface area contributed by atoms with Crippen molar-refractivity contribution in [2.45, 2.75) is 16.7 Å². The minimum absolute atomic E-state index is 0.230. The number of benzene rings is 2. The fraction of sp³-hybridized carbons (Fsp3) is 0.0769. The van der Waals surface area contributed by atoms with E-state index >= 15 is 0 Å². The Labute approximate surface area is 98.6 Å². The summed E-state index contributed by atoms with van der Waals surface area (Å²) in [6, 6.07) is 12.7. The number of phenolic OH excluding ortho intramolecular Hbond substituents is 2. The highest BCUT2D eigenvalue weighted by Gasteiger charge is 2.07. The molecule has 82 valence electrons. The molecule has 0 saturated carbocycles. The van der Waals surface area contributed by atoms with Gasteiger partial charge in [0, 0.05) is 0 Å². The van der Waals surface area contributed by atoms with Crippen molar-refractivity contribution in [2.75, 3.05) is 0 Å². The van der Waals surface area contributed by atoms with Crippen molar-refractivity contribution in [1.29, 1.82) is 0 Å². The summed E-state index contributed by atoms with van der Waals surface area (Å²) in [5.74, 6) is 0.504. The van der Waals surface area contributed by atoms with Crippen LogP contribution in [0.1, 0.15) is 5.56 Å². The highest BCUT2D eigenvalue weighted by Crippen LogP contribution is 2.39. The fourth-order valence-corrected chi connectivity index (χ4v) is 2.34. The summed E-state index contributed by atoms with van der Waals surface area (Å²) >= 11 is 1.35. The van der Waals surface area contributed by atoms with Crippen LogP contribution in [0.15, 0.2) is 52.3 Å². The fourth-order valence-electron chi connectivity index (χ4n) is 1.38. The quantitative estimate of drug-likeness (QED) is 0.831. The van der Waals surface area contributed by atoms with E-state index in [-0.39, 0.29) is 11.5 Å². The number of hydrogen-bond acceptors (Lipinski definition) is 3. The van der Waals surface area contributed by atoms with Gasteiger partial charge in [0.1, 0.15) is 11.5 Å². The Bertz CT molecular complexity index is 509. The molecule has 0 aliphatic rings. The molecule has 0 spiro atoms. The Morgan fingerprint density at radius 3 is 2.31 bits per heavy atom. The second-order valence-electron chi connectivity index (χ2n) is 3.49. The largest absolute Gasteiger partial charge is 0.507 e. The zero-order chi connectivity index (χ0) is 11.5. The lowest BCUT2D eigenvalue weighted by Gasteiger charge is -2.07. The third-order valence-corrected chi connectivity index (χ3v) is 3.40. The van der Waals surface area contributed by atoms with E-state index in [2.05, 4.69) is 0 Å². The number of phenols is 2. The lowest BCUT2D eigenvalue weighted by Crippen LogP contribution is -1.79. The maximum atomic E-state index is 9.85. The number of aryl methyl sites for hydroxylation is 1. The summed E-state index contributed by atoms with van der Waals surface area (Å²) in [6.07, 6.45) is 0. The minimum atomic E-state index is 0.230. The minimum Gasteiger partial charge on any atom is -0.507 e. The van der Waals surface area contributed by atoms with Gasteiger partial charge in [-0.3, -0.25) is 0 Å². The molecule has 0 fully saturated rings. The summed E-state index contributed by atoms with van der Waals surface area (Å²) in [4.78, 5) is 1.49. The smallest absolute Gasteiger partial charge is 0.132 e. The molecule has 2 nitrogen and oxygen atoms in total. The van der Waals surface area contributed by atoms with Crippen molar-refractivity contribution in [2.24, 2.45) is 0 Å². The highest BCUT2D eigenvalue weighted by molar-refractivity contribution is 7.99. The molecule has 0 aromatic heterocycles. The van der Waals surface area contributed by atoms with E-state index in [0.717, 1.165) is 15.4 Å². The van der Waals surface area contributed by atoms with Gasteiger partial charge >= 0.3 is 0 Å². The second kappa shape index (κ2) is 4.49. The van der Waals surface area contributed by atoms with E-state index in [0.29, 0.717) is 0 Å². The van der Waals surface area contributed by atoms with Crippen molar-refractivity contribution in [3.8, 4) is 11.5 Å². The van der Waals surface area contributed by atoms with E-state index in [1.807, 2.05) is 37.3 Å². The van der Waals surface area contributed by atoms with Gasteiger partial charge in [-0.15, -0.1) is 0 Å². The van der Waals surface area contributed by atoms with Crippen LogP contribution in [0.5, 0.6) is 11.5 Å². The molecule has 2 rings (SSSR count). The molecule has 2 N–H and O–H groups in total. The van der Waals surface area contributed by atoms with E-state index < -0.39 is 0 Å². The number of aromatic hydroxyl groups is 2. The topological polar surface area (TPSA) is 40.5 Å². The summed E-state index contributed by atoms with van der Waals surface area (Å²) in [7, 11) is 0. The van der Waals surface area contributed by atoms with Crippen molar-refractivity contribution in [3.63, 3.8) is 0 Å². The van der Waals surface area contributed by atoms with Gasteiger partial charge in [-0.2, -0.15) is 0 Å². The number of para-hydroxylation sites is 2. The maximum absolute atomic E-state index is 9.85. The Morgan fingerprint density at radius 2 is 1.56 bits per heavy atom. The zero-order valence-electron chi connectivity index (χ0n) is 8.84. The van der Waals surface area contributed by atoms with Crippen molar-refractivity contribution in [3.05, 3.63) is 48.0 Å². The summed E-state index contributed by atoms with van der Waals surface area (Å²) in [6.45, 7) is 1.85. The van der Waals surface area contributed by atoms with Crippen LogP contribution in [0.3, 0.4) is 0 Å². The van der Waals surface area contributed by atoms with Crippen LogP contribution in [0.4, 0.5) is 0 Å². The van der Waals surface area contributed by atoms with Gasteiger partial charge in [0.05, 0.1) is 9.79 Å². The maximum Gasteiger partial charge on any atom is 0.132 e. The van der Waals surface area contributed by atoms with E-state index in [1.165, 1.54) is 11.8 Å². The van der Waals surface area contributed by atoms with E-state index in [1.54, 1.807) is 12.1 Å². The predicted molar refractivity (Wildman–Crippen MR) is 65.1 cm³/mol. The molecule has 2 aromatic rings. The molecule has 0 amide bonds. The summed E-state index contributed by atoms with van der Waals surface area (Å²) < 4.78 is 0. The second-order valence-corrected chi connectivity index (χ2v) is 4.58. The normalized spacial score (nSPS) is 10.3. The first kappa shape index (κ1) is 10.9. The number of rotatable bonds is 2. The average molecular weight is 232 g/mol. The van der Waals surface area contributed by atoms with Gasteiger partial charge in [0.15, 0.2) is 0 Å². The molecular formula is C13H12O2S. The first-order chi connectivity index (χ1) is 7.68. The molecular weight excluding hydrogens is 220 g/mol. The summed E-state index contributed by atoms with van der Waals surface area (Å²) in [5.41, 5.74) is 0.834. The van der Waals surface area contributed by atoms with Gasteiger partial charge in [0.2, 0.25) is 0 Å². The number of hydrogen-bond donors (Lipinski definition) is 2. The third kappa shape index (κ3) is 2.14. The first-order valence-corrected chi connectivity index (χ1v) is 5.74. The lowest BCUT2D eigenvalue weighted by atomic mass is 10.2. The van der Waals surface area contributed by atoms with Gasteiger partial charge in [0.25, 0.3) is 0 Å². The first-order valence-electron chi connectivity index (χ1n) is 4.93. The van der Waals surface area contributed by atoms with Gasteiger partial charge in [-0.25, -0.2) is 0 Å². The molecule has 0 aliphatic heterocycles. The summed E-state index contributed by atoms with van der Waals surface area (Å²) in [5, 5.41) is 19.5. The van der Waals surface area contributed by atoms with Crippen molar-refractivity contribution in [1.82, 2.24) is 0 Å². The zero-order valence-corrected chi connectivity index (χ0v) is 9.66. The van der Waals surface area contributed by atoms with Crippen LogP contribution in [0, 0.1) is 6.92 Å². The van der Waals surface area contributed by atoms with Gasteiger partial charge < -0.3 is 10.2 Å². The Balaban J connectivity index is 2.35.